The van der Waals surface area contributed by atoms with Gasteiger partial charge in [0.15, 0.2) is 0 Å². The van der Waals surface area contributed by atoms with E-state index >= 15 is 0 Å². The average molecular weight is 488 g/mol. The molecule has 2 atom stereocenters. The maximum absolute atomic E-state index is 13.6. The lowest BCUT2D eigenvalue weighted by Gasteiger charge is -2.42. The first-order valence-corrected chi connectivity index (χ1v) is 13.6. The van der Waals surface area contributed by atoms with E-state index in [1.807, 2.05) is 4.90 Å². The highest BCUT2D eigenvalue weighted by Crippen LogP contribution is 2.34. The summed E-state index contributed by atoms with van der Waals surface area (Å²) < 4.78 is 46.4. The molecule has 7 nitrogen and oxygen atoms in total. The summed E-state index contributed by atoms with van der Waals surface area (Å²) in [4.78, 5) is 16.7. The summed E-state index contributed by atoms with van der Waals surface area (Å²) in [7, 11) is -3.39. The van der Waals surface area contributed by atoms with Crippen molar-refractivity contribution in [1.29, 1.82) is 0 Å². The molecule has 1 aromatic carbocycles. The van der Waals surface area contributed by atoms with Gasteiger partial charge in [-0.15, -0.1) is 0 Å². The minimum atomic E-state index is -3.39. The van der Waals surface area contributed by atoms with E-state index in [0.29, 0.717) is 43.4 Å². The van der Waals surface area contributed by atoms with Crippen molar-refractivity contribution in [3.05, 3.63) is 29.0 Å². The molecule has 4 rings (SSSR count). The zero-order valence-electron chi connectivity index (χ0n) is 18.3. The minimum absolute atomic E-state index is 0.00253. The van der Waals surface area contributed by atoms with Crippen molar-refractivity contribution < 1.29 is 22.3 Å². The molecule has 0 spiro atoms. The van der Waals surface area contributed by atoms with E-state index in [1.165, 1.54) is 12.1 Å². The van der Waals surface area contributed by atoms with Crippen LogP contribution < -0.4 is 9.62 Å². The molecule has 1 N–H and O–H groups in total. The zero-order valence-corrected chi connectivity index (χ0v) is 19.9. The van der Waals surface area contributed by atoms with Crippen LogP contribution in [0.5, 0.6) is 0 Å². The second kappa shape index (κ2) is 9.83. The fraction of sp³-hybridized carbons (Fsp3) is 0.682. The third-order valence-corrected chi connectivity index (χ3v) is 7.60. The second-order valence-electron chi connectivity index (χ2n) is 9.13. The number of halogens is 2. The highest BCUT2D eigenvalue weighted by Gasteiger charge is 2.41. The van der Waals surface area contributed by atoms with Crippen LogP contribution in [0.2, 0.25) is 5.02 Å². The number of nitrogens with zero attached hydrogens (tertiary/aromatic N) is 2. The van der Waals surface area contributed by atoms with Gasteiger partial charge in [-0.3, -0.25) is 4.79 Å². The fourth-order valence-corrected chi connectivity index (χ4v) is 5.80. The highest BCUT2D eigenvalue weighted by atomic mass is 35.5. The van der Waals surface area contributed by atoms with Crippen LogP contribution >= 0.6 is 11.6 Å². The number of likely N-dealkylation sites (tertiary alicyclic amines) is 1. The summed E-state index contributed by atoms with van der Waals surface area (Å²) in [5.41, 5.74) is 0.691. The van der Waals surface area contributed by atoms with E-state index in [1.54, 1.807) is 6.07 Å². The van der Waals surface area contributed by atoms with Crippen LogP contribution in [0.1, 0.15) is 38.5 Å². The molecule has 2 saturated heterocycles. The normalized spacial score (nSPS) is 25.2. The number of anilines is 1. The second-order valence-corrected chi connectivity index (χ2v) is 11.3. The maximum atomic E-state index is 13.6. The molecule has 0 radical (unpaired) electrons. The molecule has 1 aromatic rings. The smallest absolute Gasteiger partial charge is 0.226 e. The minimum Gasteiger partial charge on any atom is -0.376 e. The average Bonchev–Trinajstić information content (AvgIpc) is 3.59. The number of nitrogens with one attached hydrogen (secondary N) is 1. The standard InChI is InChI=1S/C22H31ClFN3O4S/c1-32(29,30)25-19-3-2-10-27(22(28)15-4-5-15)21(19)14-31-17-8-11-26(12-9-17)20-13-16(24)6-7-18(20)23/h6-7,13,15,17,19,21,25H,2-5,8-12,14H2,1H3. The van der Waals surface area contributed by atoms with Crippen molar-refractivity contribution in [2.24, 2.45) is 5.92 Å². The molecule has 2 aliphatic heterocycles. The number of ether oxygens (including phenoxy) is 1. The van der Waals surface area contributed by atoms with E-state index in [2.05, 4.69) is 9.62 Å². The lowest BCUT2D eigenvalue weighted by atomic mass is 9.96. The van der Waals surface area contributed by atoms with Gasteiger partial charge in [-0.25, -0.2) is 17.5 Å². The monoisotopic (exact) mass is 487 g/mol. The van der Waals surface area contributed by atoms with Crippen molar-refractivity contribution in [3.63, 3.8) is 0 Å². The Bertz CT molecular complexity index is 935. The van der Waals surface area contributed by atoms with E-state index < -0.39 is 10.0 Å². The molecule has 10 heteroatoms. The number of carbonyl (C=O) groups is 1. The van der Waals surface area contributed by atoms with E-state index in [9.17, 15) is 17.6 Å². The molecular weight excluding hydrogens is 457 g/mol. The number of benzene rings is 1. The van der Waals surface area contributed by atoms with E-state index in [0.717, 1.165) is 38.4 Å². The van der Waals surface area contributed by atoms with Crippen molar-refractivity contribution in [3.8, 4) is 0 Å². The van der Waals surface area contributed by atoms with Gasteiger partial charge >= 0.3 is 0 Å². The van der Waals surface area contributed by atoms with Crippen LogP contribution in [-0.4, -0.2) is 69.9 Å². The van der Waals surface area contributed by atoms with Crippen molar-refractivity contribution in [1.82, 2.24) is 9.62 Å². The summed E-state index contributed by atoms with van der Waals surface area (Å²) in [5.74, 6) is -0.118. The Hall–Kier alpha value is -1.42. The Labute approximate surface area is 194 Å². The van der Waals surface area contributed by atoms with Gasteiger partial charge in [-0.2, -0.15) is 0 Å². The predicted octanol–water partition coefficient (Wildman–Crippen LogP) is 2.78. The van der Waals surface area contributed by atoms with Crippen molar-refractivity contribution >= 4 is 33.2 Å². The third-order valence-electron chi connectivity index (χ3n) is 6.55. The van der Waals surface area contributed by atoms with Gasteiger partial charge in [0, 0.05) is 31.6 Å². The summed E-state index contributed by atoms with van der Waals surface area (Å²) >= 11 is 6.24. The van der Waals surface area contributed by atoms with Gasteiger partial charge < -0.3 is 14.5 Å². The first-order chi connectivity index (χ1) is 15.2. The highest BCUT2D eigenvalue weighted by molar-refractivity contribution is 7.88. The predicted molar refractivity (Wildman–Crippen MR) is 122 cm³/mol. The van der Waals surface area contributed by atoms with Crippen LogP contribution in [0.4, 0.5) is 10.1 Å². The lowest BCUT2D eigenvalue weighted by molar-refractivity contribution is -0.139. The number of rotatable bonds is 7. The molecule has 1 aliphatic carbocycles. The Balaban J connectivity index is 1.37. The molecule has 3 aliphatic rings. The molecule has 1 saturated carbocycles. The first-order valence-electron chi connectivity index (χ1n) is 11.3. The number of carbonyl (C=O) groups excluding carboxylic acids is 1. The number of sulfonamides is 1. The van der Waals surface area contributed by atoms with Gasteiger partial charge in [0.05, 0.1) is 35.7 Å². The van der Waals surface area contributed by atoms with E-state index in [-0.39, 0.29) is 35.8 Å². The van der Waals surface area contributed by atoms with Gasteiger partial charge in [0.25, 0.3) is 0 Å². The van der Waals surface area contributed by atoms with Gasteiger partial charge in [-0.05, 0) is 56.7 Å². The van der Waals surface area contributed by atoms with Gasteiger partial charge in [0.1, 0.15) is 5.82 Å². The maximum Gasteiger partial charge on any atom is 0.226 e. The molecule has 2 heterocycles. The number of piperidine rings is 2. The molecule has 32 heavy (non-hydrogen) atoms. The first kappa shape index (κ1) is 23.7. The molecular formula is C22H31ClFN3O4S. The summed E-state index contributed by atoms with van der Waals surface area (Å²) in [5, 5.41) is 0.525. The molecule has 1 amide bonds. The molecule has 3 fully saturated rings. The quantitative estimate of drug-likeness (QED) is 0.639. The Morgan fingerprint density at radius 3 is 2.56 bits per heavy atom. The van der Waals surface area contributed by atoms with Gasteiger partial charge in [0.2, 0.25) is 15.9 Å². The zero-order chi connectivity index (χ0) is 22.9. The largest absolute Gasteiger partial charge is 0.376 e. The Morgan fingerprint density at radius 1 is 1.19 bits per heavy atom. The van der Waals surface area contributed by atoms with Crippen molar-refractivity contribution in [2.75, 3.05) is 37.4 Å². The number of hydrogen-bond donors (Lipinski definition) is 1. The van der Waals surface area contributed by atoms with Crippen LogP contribution in [0.15, 0.2) is 18.2 Å². The Morgan fingerprint density at radius 2 is 1.91 bits per heavy atom. The SMILES string of the molecule is CS(=O)(=O)NC1CCCN(C(=O)C2CC2)C1COC1CCN(c2cc(F)ccc2Cl)CC1. The van der Waals surface area contributed by atoms with Gasteiger partial charge in [-0.1, -0.05) is 11.6 Å². The topological polar surface area (TPSA) is 79.0 Å². The van der Waals surface area contributed by atoms with Crippen LogP contribution in [0.3, 0.4) is 0 Å². The molecule has 0 aromatic heterocycles. The molecule has 0 bridgehead atoms. The third kappa shape index (κ3) is 5.92. The summed E-state index contributed by atoms with van der Waals surface area (Å²) in [6, 6.07) is 3.73. The number of amides is 1. The van der Waals surface area contributed by atoms with E-state index in [4.69, 9.17) is 16.3 Å². The summed E-state index contributed by atoms with van der Waals surface area (Å²) in [6.07, 6.45) is 5.93. The Kier molecular flexibility index (Phi) is 7.29. The fourth-order valence-electron chi connectivity index (χ4n) is 4.74. The van der Waals surface area contributed by atoms with Crippen LogP contribution in [-0.2, 0) is 19.6 Å². The molecule has 2 unspecified atom stereocenters. The summed E-state index contributed by atoms with van der Waals surface area (Å²) in [6.45, 7) is 2.32. The van der Waals surface area contributed by atoms with Crippen LogP contribution in [0, 0.1) is 11.7 Å². The van der Waals surface area contributed by atoms with Crippen molar-refractivity contribution in [2.45, 2.75) is 56.7 Å². The lowest BCUT2D eigenvalue weighted by Crippen LogP contribution is -2.59. The molecule has 178 valence electrons. The van der Waals surface area contributed by atoms with Crippen LogP contribution in [0.25, 0.3) is 0 Å². The number of hydrogen-bond acceptors (Lipinski definition) is 5.